The van der Waals surface area contributed by atoms with Crippen LogP contribution < -0.4 is 4.74 Å². The molecule has 1 unspecified atom stereocenters. The number of hydrogen-bond donors (Lipinski definition) is 0. The van der Waals surface area contributed by atoms with Crippen LogP contribution in [0.3, 0.4) is 0 Å². The summed E-state index contributed by atoms with van der Waals surface area (Å²) in [5.41, 5.74) is 4.04. The standard InChI is InChI=1S/C28H36N6O3/c1-20-25(21(2)34-28(31-20)29-19-30-34)12-13-26(35)32-14-6-16-37-24-9-5-7-22(17-24)10-11-23-8-3-4-15-33(23)27(36)18-32/h5,7,9,17,19,23H,3-4,6,8,10-16,18H2,1-2H3. The summed E-state index contributed by atoms with van der Waals surface area (Å²) in [5.74, 6) is 1.47. The van der Waals surface area contributed by atoms with Crippen molar-refractivity contribution in [3.8, 4) is 5.75 Å². The summed E-state index contributed by atoms with van der Waals surface area (Å²) in [5, 5.41) is 4.25. The van der Waals surface area contributed by atoms with Crippen LogP contribution in [0.4, 0.5) is 0 Å². The maximum Gasteiger partial charge on any atom is 0.252 e. The molecule has 9 heteroatoms. The maximum absolute atomic E-state index is 13.5. The minimum atomic E-state index is -0.0199. The van der Waals surface area contributed by atoms with E-state index in [1.807, 2.05) is 30.9 Å². The zero-order chi connectivity index (χ0) is 25.8. The van der Waals surface area contributed by atoms with Crippen LogP contribution in [0.15, 0.2) is 30.6 Å². The highest BCUT2D eigenvalue weighted by atomic mass is 16.5. The van der Waals surface area contributed by atoms with Crippen LogP contribution in [-0.2, 0) is 22.4 Å². The van der Waals surface area contributed by atoms with Gasteiger partial charge in [-0.2, -0.15) is 10.1 Å². The highest BCUT2D eigenvalue weighted by molar-refractivity contribution is 5.85. The lowest BCUT2D eigenvalue weighted by atomic mass is 9.95. The lowest BCUT2D eigenvalue weighted by molar-refractivity contribution is -0.143. The number of amides is 2. The molecule has 0 saturated carbocycles. The number of ether oxygens (including phenoxy) is 1. The van der Waals surface area contributed by atoms with Crippen molar-refractivity contribution in [1.29, 1.82) is 0 Å². The highest BCUT2D eigenvalue weighted by Crippen LogP contribution is 2.24. The van der Waals surface area contributed by atoms with Crippen molar-refractivity contribution < 1.29 is 14.3 Å². The zero-order valence-electron chi connectivity index (χ0n) is 21.9. The SMILES string of the molecule is Cc1nc2ncnn2c(C)c1CCC(=O)N1CCCOc2cccc(c2)CCC2CCCCN2C(=O)C1. The van der Waals surface area contributed by atoms with E-state index in [1.165, 1.54) is 11.9 Å². The van der Waals surface area contributed by atoms with Crippen LogP contribution in [0.1, 0.15) is 61.0 Å². The van der Waals surface area contributed by atoms with Crippen molar-refractivity contribution in [1.82, 2.24) is 29.4 Å². The molecule has 3 aromatic rings. The van der Waals surface area contributed by atoms with Crippen LogP contribution in [-0.4, -0.2) is 73.5 Å². The molecule has 37 heavy (non-hydrogen) atoms. The average molecular weight is 505 g/mol. The van der Waals surface area contributed by atoms with Crippen LogP contribution in [0.2, 0.25) is 0 Å². The normalized spacial score (nSPS) is 19.3. The molecule has 2 aliphatic rings. The lowest BCUT2D eigenvalue weighted by Gasteiger charge is -2.37. The predicted molar refractivity (Wildman–Crippen MR) is 139 cm³/mol. The second-order valence-electron chi connectivity index (χ2n) is 10.2. The molecule has 2 aliphatic heterocycles. The van der Waals surface area contributed by atoms with Crippen molar-refractivity contribution in [3.63, 3.8) is 0 Å². The summed E-state index contributed by atoms with van der Waals surface area (Å²) in [6.45, 7) is 5.80. The Morgan fingerprint density at radius 1 is 1.14 bits per heavy atom. The van der Waals surface area contributed by atoms with Crippen LogP contribution in [0.5, 0.6) is 5.75 Å². The summed E-state index contributed by atoms with van der Waals surface area (Å²) < 4.78 is 7.70. The van der Waals surface area contributed by atoms with E-state index in [0.29, 0.717) is 38.2 Å². The number of fused-ring (bicyclic) bond motifs is 4. The molecule has 4 heterocycles. The van der Waals surface area contributed by atoms with Crippen molar-refractivity contribution in [2.24, 2.45) is 0 Å². The zero-order valence-corrected chi connectivity index (χ0v) is 21.9. The molecule has 1 fully saturated rings. The molecule has 1 aromatic carbocycles. The minimum Gasteiger partial charge on any atom is -0.494 e. The first-order chi connectivity index (χ1) is 18.0. The van der Waals surface area contributed by atoms with Crippen molar-refractivity contribution >= 4 is 17.6 Å². The van der Waals surface area contributed by atoms with Crippen LogP contribution >= 0.6 is 0 Å². The molecule has 2 aromatic heterocycles. The molecule has 5 rings (SSSR count). The maximum atomic E-state index is 13.5. The molecule has 0 radical (unpaired) electrons. The van der Waals surface area contributed by atoms with Gasteiger partial charge in [0.2, 0.25) is 11.8 Å². The molecule has 0 aliphatic carbocycles. The molecule has 9 nitrogen and oxygen atoms in total. The third-order valence-corrected chi connectivity index (χ3v) is 7.71. The Kier molecular flexibility index (Phi) is 7.67. The van der Waals surface area contributed by atoms with Gasteiger partial charge < -0.3 is 14.5 Å². The largest absolute Gasteiger partial charge is 0.494 e. The van der Waals surface area contributed by atoms with Gasteiger partial charge >= 0.3 is 0 Å². The van der Waals surface area contributed by atoms with Gasteiger partial charge in [0.15, 0.2) is 0 Å². The Hall–Kier alpha value is -3.49. The lowest BCUT2D eigenvalue weighted by Crippen LogP contribution is -2.49. The topological polar surface area (TPSA) is 92.9 Å². The number of aryl methyl sites for hydroxylation is 3. The number of piperidine rings is 1. The van der Waals surface area contributed by atoms with Gasteiger partial charge in [-0.3, -0.25) is 9.59 Å². The van der Waals surface area contributed by atoms with Gasteiger partial charge in [-0.1, -0.05) is 12.1 Å². The molecule has 2 bridgehead atoms. The molecule has 2 amide bonds. The van der Waals surface area contributed by atoms with E-state index >= 15 is 0 Å². The Labute approximate surface area is 217 Å². The molecule has 1 atom stereocenters. The smallest absolute Gasteiger partial charge is 0.252 e. The van der Waals surface area contributed by atoms with Gasteiger partial charge in [-0.15, -0.1) is 0 Å². The van der Waals surface area contributed by atoms with E-state index in [4.69, 9.17) is 4.74 Å². The first-order valence-electron chi connectivity index (χ1n) is 13.4. The third-order valence-electron chi connectivity index (χ3n) is 7.71. The van der Waals surface area contributed by atoms with Gasteiger partial charge in [0.25, 0.3) is 5.78 Å². The Bertz CT molecular complexity index is 1270. The summed E-state index contributed by atoms with van der Waals surface area (Å²) in [4.78, 5) is 39.4. The van der Waals surface area contributed by atoms with Crippen LogP contribution in [0.25, 0.3) is 5.78 Å². The summed E-state index contributed by atoms with van der Waals surface area (Å²) >= 11 is 0. The predicted octanol–water partition coefficient (Wildman–Crippen LogP) is 3.30. The number of carbonyl (C=O) groups excluding carboxylic acids is 2. The van der Waals surface area contributed by atoms with Gasteiger partial charge in [0, 0.05) is 36.9 Å². The Morgan fingerprint density at radius 3 is 2.92 bits per heavy atom. The number of hydrogen-bond acceptors (Lipinski definition) is 6. The quantitative estimate of drug-likeness (QED) is 0.543. The number of carbonyl (C=O) groups is 2. The van der Waals surface area contributed by atoms with E-state index < -0.39 is 0 Å². The summed E-state index contributed by atoms with van der Waals surface area (Å²) in [7, 11) is 0. The van der Waals surface area contributed by atoms with E-state index in [-0.39, 0.29) is 24.4 Å². The van der Waals surface area contributed by atoms with E-state index in [9.17, 15) is 9.59 Å². The summed E-state index contributed by atoms with van der Waals surface area (Å²) in [6, 6.07) is 8.48. The Balaban J connectivity index is 1.32. The molecule has 196 valence electrons. The first kappa shape index (κ1) is 25.2. The molecule has 0 spiro atoms. The molecular formula is C28H36N6O3. The van der Waals surface area contributed by atoms with E-state index in [0.717, 1.165) is 61.3 Å². The number of aromatic nitrogens is 4. The molecular weight excluding hydrogens is 468 g/mol. The fourth-order valence-corrected chi connectivity index (χ4v) is 5.65. The summed E-state index contributed by atoms with van der Waals surface area (Å²) in [6.07, 6.45) is 8.03. The second-order valence-corrected chi connectivity index (χ2v) is 10.2. The van der Waals surface area contributed by atoms with Crippen molar-refractivity contribution in [3.05, 3.63) is 53.1 Å². The third kappa shape index (κ3) is 5.76. The van der Waals surface area contributed by atoms with Crippen LogP contribution in [0, 0.1) is 13.8 Å². The first-order valence-corrected chi connectivity index (χ1v) is 13.4. The average Bonchev–Trinajstić information content (AvgIpc) is 3.37. The molecule has 1 saturated heterocycles. The minimum absolute atomic E-state index is 0.0199. The van der Waals surface area contributed by atoms with Gasteiger partial charge in [-0.25, -0.2) is 9.50 Å². The molecule has 0 N–H and O–H groups in total. The van der Waals surface area contributed by atoms with E-state index in [1.54, 1.807) is 9.42 Å². The monoisotopic (exact) mass is 504 g/mol. The number of rotatable bonds is 3. The Morgan fingerprint density at radius 2 is 2.03 bits per heavy atom. The fourth-order valence-electron chi connectivity index (χ4n) is 5.65. The van der Waals surface area contributed by atoms with Gasteiger partial charge in [-0.05, 0) is 82.1 Å². The van der Waals surface area contributed by atoms with E-state index in [2.05, 4.69) is 27.2 Å². The van der Waals surface area contributed by atoms with Crippen molar-refractivity contribution in [2.45, 2.75) is 71.3 Å². The number of benzene rings is 1. The second kappa shape index (κ2) is 11.3. The number of nitrogens with zero attached hydrogens (tertiary/aromatic N) is 6. The fraction of sp³-hybridized carbons (Fsp3) is 0.536. The van der Waals surface area contributed by atoms with Crippen molar-refractivity contribution in [2.75, 3.05) is 26.2 Å². The van der Waals surface area contributed by atoms with Gasteiger partial charge in [0.05, 0.1) is 13.2 Å². The highest BCUT2D eigenvalue weighted by Gasteiger charge is 2.29. The van der Waals surface area contributed by atoms with Gasteiger partial charge in [0.1, 0.15) is 12.1 Å².